The zero-order valence-electron chi connectivity index (χ0n) is 25.3. The van der Waals surface area contributed by atoms with Crippen LogP contribution >= 0.6 is 0 Å². The quantitative estimate of drug-likeness (QED) is 0.0861. The summed E-state index contributed by atoms with van der Waals surface area (Å²) in [6, 6.07) is -0.0982. The van der Waals surface area contributed by atoms with Crippen molar-refractivity contribution in [3.63, 3.8) is 0 Å². The van der Waals surface area contributed by atoms with Gasteiger partial charge in [0.1, 0.15) is 7.85 Å². The molecule has 1 rings (SSSR count). The second-order valence-electron chi connectivity index (χ2n) is 11.9. The summed E-state index contributed by atoms with van der Waals surface area (Å²) in [5.74, 6) is 1.33. The van der Waals surface area contributed by atoms with Gasteiger partial charge in [-0.3, -0.25) is 0 Å². The number of hydrogen-bond acceptors (Lipinski definition) is 2. The van der Waals surface area contributed by atoms with Crippen LogP contribution < -0.4 is 0 Å². The summed E-state index contributed by atoms with van der Waals surface area (Å²) in [6.45, 7) is 9.97. The van der Waals surface area contributed by atoms with Crippen molar-refractivity contribution in [1.82, 2.24) is 0 Å². The maximum absolute atomic E-state index is 6.67. The lowest BCUT2D eigenvalue weighted by Gasteiger charge is -2.29. The van der Waals surface area contributed by atoms with Crippen LogP contribution in [0.25, 0.3) is 0 Å². The Bertz CT molecular complexity index is 431. The van der Waals surface area contributed by atoms with E-state index in [1.54, 1.807) is 0 Å². The van der Waals surface area contributed by atoms with Crippen LogP contribution in [0.3, 0.4) is 0 Å². The highest BCUT2D eigenvalue weighted by Gasteiger charge is 2.37. The lowest BCUT2D eigenvalue weighted by Crippen LogP contribution is -2.31. The van der Waals surface area contributed by atoms with Crippen LogP contribution in [0.15, 0.2) is 0 Å². The average Bonchev–Trinajstić information content (AvgIpc) is 3.25. The molecular weight excluding hydrogens is 439 g/mol. The number of unbranched alkanes of at least 4 members (excludes halogenated alkanes) is 14. The molecule has 0 aromatic heterocycles. The van der Waals surface area contributed by atoms with Crippen LogP contribution in [-0.2, 0) is 9.47 Å². The Balaban J connectivity index is 2.64. The first-order valence-corrected chi connectivity index (χ1v) is 16.7. The Morgan fingerprint density at radius 3 is 1.50 bits per heavy atom. The van der Waals surface area contributed by atoms with Gasteiger partial charge in [-0.05, 0) is 31.1 Å². The molecule has 0 aliphatic carbocycles. The molecule has 1 unspecified atom stereocenters. The van der Waals surface area contributed by atoms with Crippen molar-refractivity contribution in [3.05, 3.63) is 0 Å². The normalized spacial score (nSPS) is 20.2. The fourth-order valence-corrected chi connectivity index (χ4v) is 6.19. The molecule has 0 aromatic rings. The zero-order valence-corrected chi connectivity index (χ0v) is 25.3. The standard InChI is InChI=1S/C33H65BO2/c1-5-9-13-17-21-25-30(26-22-18-14-10-6-2)35-28-32-31(27-33(34)36-32)29(23-19-15-11-7-3)24-20-16-12-8-4/h29-33H,5-28H2,1-4H3/t31-,32?,33+/m0/s1. The minimum absolute atomic E-state index is 0.0982. The Morgan fingerprint density at radius 2 is 1.03 bits per heavy atom. The first-order chi connectivity index (χ1) is 17.7. The average molecular weight is 505 g/mol. The number of hydrogen-bond donors (Lipinski definition) is 0. The van der Waals surface area contributed by atoms with Crippen molar-refractivity contribution in [2.45, 2.75) is 194 Å². The molecule has 0 saturated carbocycles. The van der Waals surface area contributed by atoms with Gasteiger partial charge in [0.15, 0.2) is 0 Å². The van der Waals surface area contributed by atoms with Gasteiger partial charge in [0, 0.05) is 6.00 Å². The second kappa shape index (κ2) is 24.1. The van der Waals surface area contributed by atoms with E-state index in [4.69, 9.17) is 17.3 Å². The molecule has 2 nitrogen and oxygen atoms in total. The van der Waals surface area contributed by atoms with E-state index in [0.717, 1.165) is 18.9 Å². The van der Waals surface area contributed by atoms with Crippen LogP contribution in [-0.4, -0.2) is 32.7 Å². The Hall–Kier alpha value is -0.0151. The molecule has 0 spiro atoms. The van der Waals surface area contributed by atoms with Crippen molar-refractivity contribution in [3.8, 4) is 0 Å². The molecule has 0 N–H and O–H groups in total. The molecular formula is C33H65BO2. The van der Waals surface area contributed by atoms with Crippen molar-refractivity contribution in [1.29, 1.82) is 0 Å². The molecule has 1 fully saturated rings. The summed E-state index contributed by atoms with van der Waals surface area (Å²) in [5.41, 5.74) is 0. The van der Waals surface area contributed by atoms with Crippen molar-refractivity contribution in [2.75, 3.05) is 6.61 Å². The summed E-state index contributed by atoms with van der Waals surface area (Å²) in [7, 11) is 6.39. The van der Waals surface area contributed by atoms with Crippen LogP contribution in [0.1, 0.15) is 175 Å². The van der Waals surface area contributed by atoms with E-state index in [-0.39, 0.29) is 12.1 Å². The highest BCUT2D eigenvalue weighted by atomic mass is 16.5. The van der Waals surface area contributed by atoms with E-state index in [0.29, 0.717) is 12.0 Å². The summed E-state index contributed by atoms with van der Waals surface area (Å²) in [5, 5.41) is 0. The fraction of sp³-hybridized carbons (Fsp3) is 1.00. The molecule has 1 heterocycles. The molecule has 1 aliphatic heterocycles. The van der Waals surface area contributed by atoms with Gasteiger partial charge in [0.05, 0.1) is 18.8 Å². The smallest absolute Gasteiger partial charge is 0.109 e. The third-order valence-corrected chi connectivity index (χ3v) is 8.55. The maximum Gasteiger partial charge on any atom is 0.109 e. The molecule has 0 bridgehead atoms. The largest absolute Gasteiger partial charge is 0.382 e. The molecule has 212 valence electrons. The lowest BCUT2D eigenvalue weighted by molar-refractivity contribution is -0.0511. The SMILES string of the molecule is [B][C@H]1C[C@@H](C(CCCCCC)CCCCCC)C(COC(CCCCCCC)CCCCCCC)O1. The summed E-state index contributed by atoms with van der Waals surface area (Å²) < 4.78 is 13.0. The van der Waals surface area contributed by atoms with Gasteiger partial charge in [0.2, 0.25) is 0 Å². The molecule has 3 atom stereocenters. The van der Waals surface area contributed by atoms with Gasteiger partial charge in [-0.1, -0.05) is 156 Å². The summed E-state index contributed by atoms with van der Waals surface area (Å²) in [6.07, 6.45) is 31.1. The van der Waals surface area contributed by atoms with Gasteiger partial charge >= 0.3 is 0 Å². The maximum atomic E-state index is 6.67. The van der Waals surface area contributed by atoms with E-state index >= 15 is 0 Å². The Kier molecular flexibility index (Phi) is 22.7. The molecule has 36 heavy (non-hydrogen) atoms. The van der Waals surface area contributed by atoms with Crippen molar-refractivity contribution in [2.24, 2.45) is 11.8 Å². The van der Waals surface area contributed by atoms with Gasteiger partial charge in [-0.2, -0.15) is 0 Å². The van der Waals surface area contributed by atoms with Crippen LogP contribution in [0.4, 0.5) is 0 Å². The second-order valence-corrected chi connectivity index (χ2v) is 11.9. The molecule has 1 saturated heterocycles. The molecule has 0 amide bonds. The van der Waals surface area contributed by atoms with Gasteiger partial charge in [-0.25, -0.2) is 0 Å². The van der Waals surface area contributed by atoms with Crippen molar-refractivity contribution < 1.29 is 9.47 Å². The lowest BCUT2D eigenvalue weighted by atomic mass is 9.77. The monoisotopic (exact) mass is 505 g/mol. The predicted molar refractivity (Wildman–Crippen MR) is 160 cm³/mol. The van der Waals surface area contributed by atoms with Crippen LogP contribution in [0.5, 0.6) is 0 Å². The number of rotatable bonds is 26. The van der Waals surface area contributed by atoms with Gasteiger partial charge < -0.3 is 9.47 Å². The Labute approximate surface area is 229 Å². The topological polar surface area (TPSA) is 18.5 Å². The van der Waals surface area contributed by atoms with Crippen LogP contribution in [0.2, 0.25) is 0 Å². The molecule has 2 radical (unpaired) electrons. The highest BCUT2D eigenvalue weighted by Crippen LogP contribution is 2.37. The third kappa shape index (κ3) is 16.7. The zero-order chi connectivity index (χ0) is 26.3. The van der Waals surface area contributed by atoms with E-state index in [1.165, 1.54) is 141 Å². The van der Waals surface area contributed by atoms with E-state index in [1.807, 2.05) is 0 Å². The van der Waals surface area contributed by atoms with E-state index in [9.17, 15) is 0 Å². The van der Waals surface area contributed by atoms with Crippen molar-refractivity contribution >= 4 is 7.85 Å². The first kappa shape index (κ1) is 34.0. The third-order valence-electron chi connectivity index (χ3n) is 8.55. The summed E-state index contributed by atoms with van der Waals surface area (Å²) >= 11 is 0. The summed E-state index contributed by atoms with van der Waals surface area (Å²) in [4.78, 5) is 0. The first-order valence-electron chi connectivity index (χ1n) is 16.7. The van der Waals surface area contributed by atoms with E-state index in [2.05, 4.69) is 27.7 Å². The van der Waals surface area contributed by atoms with Gasteiger partial charge in [-0.15, -0.1) is 0 Å². The van der Waals surface area contributed by atoms with E-state index < -0.39 is 0 Å². The fourth-order valence-electron chi connectivity index (χ4n) is 6.19. The molecule has 0 aromatic carbocycles. The van der Waals surface area contributed by atoms with Gasteiger partial charge in [0.25, 0.3) is 0 Å². The molecule has 1 aliphatic rings. The highest BCUT2D eigenvalue weighted by molar-refractivity contribution is 6.11. The minimum Gasteiger partial charge on any atom is -0.382 e. The minimum atomic E-state index is -0.0982. The number of ether oxygens (including phenoxy) is 2. The Morgan fingerprint density at radius 1 is 0.611 bits per heavy atom. The molecule has 3 heteroatoms. The predicted octanol–water partition coefficient (Wildman–Crippen LogP) is 10.5. The van der Waals surface area contributed by atoms with Crippen LogP contribution in [0, 0.1) is 11.8 Å².